The Labute approximate surface area is 135 Å². The van der Waals surface area contributed by atoms with E-state index in [1.807, 2.05) is 56.3 Å². The third-order valence-electron chi connectivity index (χ3n) is 2.91. The highest BCUT2D eigenvalue weighted by Gasteiger charge is 2.00. The van der Waals surface area contributed by atoms with Gasteiger partial charge in [0.1, 0.15) is 5.75 Å². The van der Waals surface area contributed by atoms with Crippen molar-refractivity contribution in [3.8, 4) is 5.75 Å². The monoisotopic (exact) mass is 312 g/mol. The Balaban J connectivity index is 1.76. The standard InChI is InChI=1S/C17H20N4O2/c1-3-23-16-9-7-14(8-10-16)18-12-17(22)21-19-11-15-6-4-5-13(2)20-15/h4-11,18H,3,12H2,1-2H3,(H,21,22). The average Bonchev–Trinajstić information content (AvgIpc) is 2.55. The number of amides is 1. The van der Waals surface area contributed by atoms with E-state index >= 15 is 0 Å². The van der Waals surface area contributed by atoms with Gasteiger partial charge in [-0.3, -0.25) is 9.78 Å². The maximum atomic E-state index is 11.7. The average molecular weight is 312 g/mol. The van der Waals surface area contributed by atoms with E-state index in [1.54, 1.807) is 0 Å². The molecule has 0 saturated carbocycles. The molecule has 0 aliphatic rings. The van der Waals surface area contributed by atoms with Crippen LogP contribution in [0.3, 0.4) is 0 Å². The lowest BCUT2D eigenvalue weighted by Crippen LogP contribution is -2.25. The topological polar surface area (TPSA) is 75.6 Å². The fourth-order valence-electron chi connectivity index (χ4n) is 1.86. The van der Waals surface area contributed by atoms with Crippen LogP contribution in [-0.2, 0) is 4.79 Å². The minimum absolute atomic E-state index is 0.132. The summed E-state index contributed by atoms with van der Waals surface area (Å²) in [6.07, 6.45) is 1.52. The molecule has 2 N–H and O–H groups in total. The minimum atomic E-state index is -0.234. The van der Waals surface area contributed by atoms with Gasteiger partial charge in [-0.05, 0) is 50.2 Å². The first-order valence-corrected chi connectivity index (χ1v) is 7.39. The predicted molar refractivity (Wildman–Crippen MR) is 90.8 cm³/mol. The summed E-state index contributed by atoms with van der Waals surface area (Å²) >= 11 is 0. The molecule has 2 aromatic rings. The van der Waals surface area contributed by atoms with Crippen molar-refractivity contribution in [1.29, 1.82) is 0 Å². The molecule has 1 aromatic heterocycles. The second-order valence-electron chi connectivity index (χ2n) is 4.81. The first-order valence-electron chi connectivity index (χ1n) is 7.39. The second-order valence-corrected chi connectivity index (χ2v) is 4.81. The fraction of sp³-hybridized carbons (Fsp3) is 0.235. The van der Waals surface area contributed by atoms with Crippen molar-refractivity contribution in [2.24, 2.45) is 5.10 Å². The molecule has 0 fully saturated rings. The van der Waals surface area contributed by atoms with Gasteiger partial charge in [0.05, 0.1) is 25.1 Å². The number of hydrazone groups is 1. The Bertz CT molecular complexity index is 669. The van der Waals surface area contributed by atoms with E-state index in [9.17, 15) is 4.79 Å². The lowest BCUT2D eigenvalue weighted by Gasteiger charge is -2.07. The number of rotatable bonds is 7. The fourth-order valence-corrected chi connectivity index (χ4v) is 1.86. The van der Waals surface area contributed by atoms with Gasteiger partial charge in [-0.1, -0.05) is 6.07 Å². The van der Waals surface area contributed by atoms with Crippen LogP contribution in [0.15, 0.2) is 47.6 Å². The van der Waals surface area contributed by atoms with Crippen LogP contribution in [-0.4, -0.2) is 30.3 Å². The van der Waals surface area contributed by atoms with Crippen LogP contribution in [0.5, 0.6) is 5.75 Å². The van der Waals surface area contributed by atoms with Gasteiger partial charge in [0.15, 0.2) is 0 Å². The number of ether oxygens (including phenoxy) is 1. The summed E-state index contributed by atoms with van der Waals surface area (Å²) in [5, 5.41) is 6.90. The smallest absolute Gasteiger partial charge is 0.259 e. The van der Waals surface area contributed by atoms with E-state index < -0.39 is 0 Å². The molecule has 0 aliphatic carbocycles. The number of benzene rings is 1. The zero-order valence-corrected chi connectivity index (χ0v) is 13.2. The molecule has 1 aromatic carbocycles. The van der Waals surface area contributed by atoms with Crippen molar-refractivity contribution in [3.05, 3.63) is 53.9 Å². The molecule has 1 heterocycles. The molecule has 120 valence electrons. The van der Waals surface area contributed by atoms with Gasteiger partial charge >= 0.3 is 0 Å². The lowest BCUT2D eigenvalue weighted by molar-refractivity contribution is -0.119. The highest BCUT2D eigenvalue weighted by molar-refractivity contribution is 5.83. The molecular formula is C17H20N4O2. The van der Waals surface area contributed by atoms with E-state index in [1.165, 1.54) is 6.21 Å². The van der Waals surface area contributed by atoms with Gasteiger partial charge in [-0.25, -0.2) is 5.43 Å². The van der Waals surface area contributed by atoms with Gasteiger partial charge in [0.25, 0.3) is 5.91 Å². The summed E-state index contributed by atoms with van der Waals surface area (Å²) < 4.78 is 5.36. The van der Waals surface area contributed by atoms with Crippen LogP contribution >= 0.6 is 0 Å². The number of carbonyl (C=O) groups is 1. The van der Waals surface area contributed by atoms with Crippen molar-refractivity contribution in [3.63, 3.8) is 0 Å². The maximum absolute atomic E-state index is 11.7. The van der Waals surface area contributed by atoms with Crippen LogP contribution in [0.25, 0.3) is 0 Å². The van der Waals surface area contributed by atoms with E-state index in [-0.39, 0.29) is 12.5 Å². The molecule has 0 unspecified atom stereocenters. The van der Waals surface area contributed by atoms with E-state index in [4.69, 9.17) is 4.74 Å². The summed E-state index contributed by atoms with van der Waals surface area (Å²) in [6.45, 7) is 4.59. The number of aryl methyl sites for hydroxylation is 1. The third-order valence-corrected chi connectivity index (χ3v) is 2.91. The number of nitrogens with one attached hydrogen (secondary N) is 2. The van der Waals surface area contributed by atoms with Gasteiger partial charge in [0, 0.05) is 11.4 Å². The quantitative estimate of drug-likeness (QED) is 0.608. The van der Waals surface area contributed by atoms with E-state index in [0.717, 1.165) is 17.1 Å². The Morgan fingerprint density at radius 1 is 1.26 bits per heavy atom. The summed E-state index contributed by atoms with van der Waals surface area (Å²) in [5.41, 5.74) is 4.90. The Hall–Kier alpha value is -2.89. The van der Waals surface area contributed by atoms with Gasteiger partial charge < -0.3 is 10.1 Å². The number of aromatic nitrogens is 1. The molecule has 2 rings (SSSR count). The molecule has 6 nitrogen and oxygen atoms in total. The largest absolute Gasteiger partial charge is 0.494 e. The first kappa shape index (κ1) is 16.5. The molecule has 6 heteroatoms. The highest BCUT2D eigenvalue weighted by Crippen LogP contribution is 2.15. The van der Waals surface area contributed by atoms with Gasteiger partial charge in [-0.15, -0.1) is 0 Å². The minimum Gasteiger partial charge on any atom is -0.494 e. The summed E-state index contributed by atoms with van der Waals surface area (Å²) in [6, 6.07) is 13.0. The number of nitrogens with zero attached hydrogens (tertiary/aromatic N) is 2. The number of anilines is 1. The van der Waals surface area contributed by atoms with Crippen LogP contribution in [0.1, 0.15) is 18.3 Å². The Morgan fingerprint density at radius 2 is 2.04 bits per heavy atom. The van der Waals surface area contributed by atoms with Gasteiger partial charge in [0.2, 0.25) is 0 Å². The van der Waals surface area contributed by atoms with Gasteiger partial charge in [-0.2, -0.15) is 5.10 Å². The number of pyridine rings is 1. The van der Waals surface area contributed by atoms with Crippen molar-refractivity contribution in [1.82, 2.24) is 10.4 Å². The van der Waals surface area contributed by atoms with Crippen molar-refractivity contribution in [2.75, 3.05) is 18.5 Å². The van der Waals surface area contributed by atoms with Crippen LogP contribution in [0.2, 0.25) is 0 Å². The second kappa shape index (κ2) is 8.53. The van der Waals surface area contributed by atoms with Crippen LogP contribution in [0, 0.1) is 6.92 Å². The molecule has 0 spiro atoms. The maximum Gasteiger partial charge on any atom is 0.259 e. The summed E-state index contributed by atoms with van der Waals surface area (Å²) in [7, 11) is 0. The summed E-state index contributed by atoms with van der Waals surface area (Å²) in [5.74, 6) is 0.570. The molecule has 0 bridgehead atoms. The Morgan fingerprint density at radius 3 is 2.74 bits per heavy atom. The lowest BCUT2D eigenvalue weighted by atomic mass is 10.3. The highest BCUT2D eigenvalue weighted by atomic mass is 16.5. The summed E-state index contributed by atoms with van der Waals surface area (Å²) in [4.78, 5) is 16.0. The molecule has 1 amide bonds. The molecule has 0 atom stereocenters. The first-order chi connectivity index (χ1) is 11.2. The molecule has 23 heavy (non-hydrogen) atoms. The Kier molecular flexibility index (Phi) is 6.11. The SMILES string of the molecule is CCOc1ccc(NCC(=O)NN=Cc2cccc(C)n2)cc1. The molecular weight excluding hydrogens is 292 g/mol. The predicted octanol–water partition coefficient (Wildman–Crippen LogP) is 2.35. The molecule has 0 saturated heterocycles. The van der Waals surface area contributed by atoms with Crippen molar-refractivity contribution >= 4 is 17.8 Å². The zero-order valence-electron chi connectivity index (χ0n) is 13.2. The van der Waals surface area contributed by atoms with Crippen molar-refractivity contribution in [2.45, 2.75) is 13.8 Å². The third kappa shape index (κ3) is 5.78. The zero-order chi connectivity index (χ0) is 16.5. The van der Waals surface area contributed by atoms with Crippen LogP contribution in [0.4, 0.5) is 5.69 Å². The number of hydrogen-bond donors (Lipinski definition) is 2. The van der Waals surface area contributed by atoms with Crippen molar-refractivity contribution < 1.29 is 9.53 Å². The number of hydrogen-bond acceptors (Lipinski definition) is 5. The number of carbonyl (C=O) groups excluding carboxylic acids is 1. The molecule has 0 aliphatic heterocycles. The van der Waals surface area contributed by atoms with E-state index in [2.05, 4.69) is 20.8 Å². The molecule has 0 radical (unpaired) electrons. The van der Waals surface area contributed by atoms with Crippen LogP contribution < -0.4 is 15.5 Å². The van der Waals surface area contributed by atoms with E-state index in [0.29, 0.717) is 12.3 Å². The normalized spacial score (nSPS) is 10.5.